The minimum absolute atomic E-state index is 0.0766. The van der Waals surface area contributed by atoms with Crippen LogP contribution in [-0.2, 0) is 41.1 Å². The summed E-state index contributed by atoms with van der Waals surface area (Å²) in [7, 11) is 0. The number of rotatable bonds is 12. The second-order valence-corrected chi connectivity index (χ2v) is 19.8. The van der Waals surface area contributed by atoms with Crippen LogP contribution in [0, 0.1) is 5.92 Å². The lowest BCUT2D eigenvalue weighted by Crippen LogP contribution is -2.74. The molecule has 10 rings (SSSR count). The van der Waals surface area contributed by atoms with E-state index in [1.165, 1.54) is 0 Å². The molecule has 3 fully saturated rings. The van der Waals surface area contributed by atoms with Crippen LogP contribution in [0.5, 0.6) is 0 Å². The Morgan fingerprint density at radius 1 is 0.656 bits per heavy atom. The van der Waals surface area contributed by atoms with E-state index in [1.54, 1.807) is 0 Å². The van der Waals surface area contributed by atoms with Crippen LogP contribution >= 0.6 is 0 Å². The number of hydrogen-bond acceptors (Lipinski definition) is 9. The molecule has 9 atom stereocenters. The highest BCUT2D eigenvalue weighted by Crippen LogP contribution is 2.61. The number of carboxylic acid groups (broad SMARTS) is 2. The molecular weight excluding hydrogens is 815 g/mol. The van der Waals surface area contributed by atoms with Crippen molar-refractivity contribution in [1.82, 2.24) is 20.4 Å². The van der Waals surface area contributed by atoms with Crippen molar-refractivity contribution < 1.29 is 39.0 Å². The maximum absolute atomic E-state index is 15.0. The Morgan fingerprint density at radius 2 is 1.09 bits per heavy atom. The number of likely N-dealkylation sites (tertiary alicyclic amines) is 2. The van der Waals surface area contributed by atoms with Crippen LogP contribution in [0.25, 0.3) is 0 Å². The van der Waals surface area contributed by atoms with Gasteiger partial charge in [0.2, 0.25) is 11.8 Å². The van der Waals surface area contributed by atoms with Crippen LogP contribution in [0.15, 0.2) is 72.8 Å². The number of benzene rings is 3. The van der Waals surface area contributed by atoms with Gasteiger partial charge in [-0.1, -0.05) is 95.3 Å². The maximum atomic E-state index is 15.0. The molecule has 3 heterocycles. The first kappa shape index (κ1) is 44.8. The summed E-state index contributed by atoms with van der Waals surface area (Å²) in [6.45, 7) is 13.2. The molecule has 7 aliphatic rings. The van der Waals surface area contributed by atoms with Crippen molar-refractivity contribution in [3.05, 3.63) is 101 Å². The lowest BCUT2D eigenvalue weighted by Gasteiger charge is -2.60. The molecule has 64 heavy (non-hydrogen) atoms. The third-order valence-corrected chi connectivity index (χ3v) is 16.4. The number of hydrogen-bond donors (Lipinski definition) is 6. The Balaban J connectivity index is 1.33. The molecule has 6 amide bonds. The molecule has 0 saturated carbocycles. The van der Waals surface area contributed by atoms with E-state index in [2.05, 4.69) is 77.3 Å². The van der Waals surface area contributed by atoms with Crippen LogP contribution in [0.1, 0.15) is 120 Å². The van der Waals surface area contributed by atoms with E-state index in [9.17, 15) is 34.2 Å². The molecule has 15 nitrogen and oxygen atoms in total. The Kier molecular flexibility index (Phi) is 11.0. The fourth-order valence-electron chi connectivity index (χ4n) is 13.7. The lowest BCUT2D eigenvalue weighted by atomic mass is 9.56. The molecule has 5 unspecified atom stereocenters. The van der Waals surface area contributed by atoms with Gasteiger partial charge in [-0.2, -0.15) is 0 Å². The summed E-state index contributed by atoms with van der Waals surface area (Å²) in [6.07, 6.45) is -0.136. The number of anilines is 1. The van der Waals surface area contributed by atoms with Gasteiger partial charge >= 0.3 is 12.2 Å². The number of amides is 6. The van der Waals surface area contributed by atoms with Crippen LogP contribution in [-0.4, -0.2) is 92.6 Å². The van der Waals surface area contributed by atoms with E-state index in [-0.39, 0.29) is 42.8 Å². The molecule has 0 aromatic heterocycles. The fraction of sp³-hybridized carbons (Fsp3) is 0.510. The maximum Gasteiger partial charge on any atom is 0.411 e. The summed E-state index contributed by atoms with van der Waals surface area (Å²) in [5, 5.41) is 24.7. The Hall–Kier alpha value is -5.80. The quantitative estimate of drug-likeness (QED) is 0.135. The molecule has 340 valence electrons. The Bertz CT molecular complexity index is 2390. The van der Waals surface area contributed by atoms with Gasteiger partial charge in [-0.25, -0.2) is 9.59 Å². The monoisotopic (exact) mass is 875 g/mol. The number of nitrogens with two attached hydrogens (primary N) is 2. The number of carbonyl (C=O) groups is 6. The second kappa shape index (κ2) is 15.7. The van der Waals surface area contributed by atoms with Crippen molar-refractivity contribution in [1.29, 1.82) is 0 Å². The molecule has 3 aliphatic heterocycles. The standard InChI is InChI=1S/C49H61N7O8/c1-28(2)30-11-21-35(22-12-30)56-37(36-9-7-23-54(36)48(41(59)52-43(61)62)33-17-13-31(14-18-33)45(48,4)26-39(50)57)25-29(3)47(56,6)38-10-8-24-55(38)49(42(60)53-44(63)64)34-19-15-32(16-20-34)46(49,5)27-40(51)58/h11-22,28-29,36-38H,7-10,23-27H2,1-6H3,(H2,50,57)(H2,51,58)(H,52,59)(H,53,60)(H,61,62)(H,63,64)/t29?,36?,37-,38?,45?,46?,47-,48+,49+/m0/s1. The predicted octanol–water partition coefficient (Wildman–Crippen LogP) is 5.39. The van der Waals surface area contributed by atoms with Crippen LogP contribution in [0.4, 0.5) is 15.3 Å². The number of carbonyl (C=O) groups excluding carboxylic acids is 4. The van der Waals surface area contributed by atoms with Crippen molar-refractivity contribution in [3.8, 4) is 0 Å². The molecule has 3 aromatic rings. The number of nitrogens with one attached hydrogen (secondary N) is 2. The summed E-state index contributed by atoms with van der Waals surface area (Å²) in [4.78, 5) is 87.8. The third-order valence-electron chi connectivity index (χ3n) is 16.4. The highest BCUT2D eigenvalue weighted by Gasteiger charge is 2.70. The first-order chi connectivity index (χ1) is 30.2. The van der Waals surface area contributed by atoms with E-state index in [0.717, 1.165) is 11.3 Å². The van der Waals surface area contributed by atoms with E-state index < -0.39 is 63.3 Å². The summed E-state index contributed by atoms with van der Waals surface area (Å²) in [6, 6.07) is 22.4. The molecular formula is C49H61N7O8. The lowest BCUT2D eigenvalue weighted by molar-refractivity contribution is -0.145. The summed E-state index contributed by atoms with van der Waals surface area (Å²) in [5.74, 6) is -2.56. The molecule has 4 aliphatic carbocycles. The van der Waals surface area contributed by atoms with Crippen molar-refractivity contribution in [2.45, 2.75) is 138 Å². The first-order valence-corrected chi connectivity index (χ1v) is 22.5. The number of primary amides is 2. The highest BCUT2D eigenvalue weighted by molar-refractivity contribution is 6.01. The van der Waals surface area contributed by atoms with Crippen molar-refractivity contribution in [2.75, 3.05) is 18.0 Å². The van der Waals surface area contributed by atoms with Crippen molar-refractivity contribution >= 4 is 41.5 Å². The smallest absolute Gasteiger partial charge is 0.411 e. The van der Waals surface area contributed by atoms with Crippen molar-refractivity contribution in [3.63, 3.8) is 0 Å². The van der Waals surface area contributed by atoms with E-state index >= 15 is 4.79 Å². The zero-order valence-electron chi connectivity index (χ0n) is 37.5. The molecule has 8 N–H and O–H groups in total. The molecule has 0 radical (unpaired) electrons. The third kappa shape index (κ3) is 6.20. The van der Waals surface area contributed by atoms with Gasteiger partial charge in [0.1, 0.15) is 11.1 Å². The van der Waals surface area contributed by atoms with Gasteiger partial charge in [0.15, 0.2) is 0 Å². The highest BCUT2D eigenvalue weighted by atomic mass is 16.4. The van der Waals surface area contributed by atoms with Crippen molar-refractivity contribution in [2.24, 2.45) is 17.4 Å². The topological polar surface area (TPSA) is 229 Å². The molecule has 4 bridgehead atoms. The largest absolute Gasteiger partial charge is 0.465 e. The minimum Gasteiger partial charge on any atom is -0.465 e. The first-order valence-electron chi connectivity index (χ1n) is 22.5. The van der Waals surface area contributed by atoms with E-state index in [4.69, 9.17) is 11.5 Å². The summed E-state index contributed by atoms with van der Waals surface area (Å²) < 4.78 is 0. The zero-order chi connectivity index (χ0) is 46.3. The average Bonchev–Trinajstić information content (AvgIpc) is 3.97. The zero-order valence-corrected chi connectivity index (χ0v) is 37.5. The van der Waals surface area contributed by atoms with E-state index in [1.807, 2.05) is 62.4 Å². The Labute approximate surface area is 373 Å². The van der Waals surface area contributed by atoms with Gasteiger partial charge < -0.3 is 26.6 Å². The average molecular weight is 876 g/mol. The van der Waals surface area contributed by atoms with Crippen LogP contribution in [0.2, 0.25) is 0 Å². The molecule has 3 saturated heterocycles. The van der Waals surface area contributed by atoms with Gasteiger partial charge in [0, 0.05) is 47.5 Å². The van der Waals surface area contributed by atoms with Gasteiger partial charge in [-0.3, -0.25) is 39.6 Å². The van der Waals surface area contributed by atoms with Crippen LogP contribution < -0.4 is 27.0 Å². The predicted molar refractivity (Wildman–Crippen MR) is 239 cm³/mol. The minimum atomic E-state index is -1.64. The van der Waals surface area contributed by atoms with Gasteiger partial charge in [0.05, 0.1) is 5.54 Å². The molecule has 0 spiro atoms. The molecule has 15 heteroatoms. The normalized spacial score (nSPS) is 33.1. The van der Waals surface area contributed by atoms with Gasteiger partial charge in [0.25, 0.3) is 11.8 Å². The number of imide groups is 2. The molecule has 3 aromatic carbocycles. The summed E-state index contributed by atoms with van der Waals surface area (Å²) in [5.41, 5.74) is 10.1. The van der Waals surface area contributed by atoms with Gasteiger partial charge in [-0.15, -0.1) is 0 Å². The van der Waals surface area contributed by atoms with Crippen LogP contribution in [0.3, 0.4) is 0 Å². The summed E-state index contributed by atoms with van der Waals surface area (Å²) >= 11 is 0. The van der Waals surface area contributed by atoms with Gasteiger partial charge in [-0.05, 0) is 104 Å². The Morgan fingerprint density at radius 3 is 1.55 bits per heavy atom. The number of fused-ring (bicyclic) bond motifs is 6. The fourth-order valence-corrected chi connectivity index (χ4v) is 13.7. The van der Waals surface area contributed by atoms with E-state index in [0.29, 0.717) is 67.4 Å². The number of nitrogens with zero attached hydrogens (tertiary/aromatic N) is 3. The second-order valence-electron chi connectivity index (χ2n) is 19.8. The SMILES string of the molecule is CC(C)c1ccc(N2[C@H](C3CCCN3[C@@]3(C(=O)NC(=O)O)c4ccc(cc4)C3(C)CC(N)=O)CC(C)[C@@]2(C)C2CCCN2[C@@]2(C(=O)NC(=O)O)c3ccc(cc3)C2(C)CC(N)=O)cc1.